The third-order valence-corrected chi connectivity index (χ3v) is 7.83. The average Bonchev–Trinajstić information content (AvgIpc) is 3.37. The highest BCUT2D eigenvalue weighted by Crippen LogP contribution is 2.34. The molecule has 5 nitrogen and oxygen atoms in total. The fourth-order valence-corrected chi connectivity index (χ4v) is 4.06. The van der Waals surface area contributed by atoms with E-state index >= 15 is 0 Å². The number of aryl methyl sites for hydroxylation is 1. The summed E-state index contributed by atoms with van der Waals surface area (Å²) in [6.07, 6.45) is 6.65. The first-order valence-electron chi connectivity index (χ1n) is 13.9. The first-order valence-corrected chi connectivity index (χ1v) is 14.7. The van der Waals surface area contributed by atoms with Crippen LogP contribution in [0.3, 0.4) is 0 Å². The first kappa shape index (κ1) is 36.7. The van der Waals surface area contributed by atoms with E-state index in [0.717, 1.165) is 35.5 Å². The van der Waals surface area contributed by atoms with Crippen molar-refractivity contribution in [2.24, 2.45) is 17.8 Å². The van der Waals surface area contributed by atoms with E-state index in [9.17, 15) is 13.6 Å². The molecule has 0 aliphatic rings. The van der Waals surface area contributed by atoms with Gasteiger partial charge in [0.1, 0.15) is 16.6 Å². The molecular weight excluding hydrogens is 520 g/mol. The van der Waals surface area contributed by atoms with Crippen LogP contribution in [0.25, 0.3) is 10.6 Å². The molecule has 222 valence electrons. The predicted octanol–water partition coefficient (Wildman–Crippen LogP) is 9.71. The number of rotatable bonds is 13. The second-order valence-electron chi connectivity index (χ2n) is 10.3. The van der Waals surface area contributed by atoms with E-state index in [1.54, 1.807) is 13.1 Å². The average molecular weight is 570 g/mol. The Hall–Kier alpha value is -2.32. The molecule has 0 spiro atoms. The summed E-state index contributed by atoms with van der Waals surface area (Å²) in [6.45, 7) is 22.5. The Morgan fingerprint density at radius 1 is 1.18 bits per heavy atom. The lowest BCUT2D eigenvalue weighted by molar-refractivity contribution is -0.164. The number of hydrogen-bond donors (Lipinski definition) is 1. The van der Waals surface area contributed by atoms with E-state index in [-0.39, 0.29) is 5.75 Å². The molecule has 0 amide bonds. The maximum atomic E-state index is 13.3. The van der Waals surface area contributed by atoms with Crippen LogP contribution in [-0.2, 0) is 16.0 Å². The van der Waals surface area contributed by atoms with Crippen LogP contribution in [0.1, 0.15) is 92.9 Å². The van der Waals surface area contributed by atoms with E-state index in [4.69, 9.17) is 14.6 Å². The van der Waals surface area contributed by atoms with Gasteiger partial charge in [-0.25, -0.2) is 14.2 Å². The maximum Gasteiger partial charge on any atom is 0.335 e. The third kappa shape index (κ3) is 14.0. The SMILES string of the molecule is C=C(F)Oc1ccc(F)cc1-c1ncc(CC)s1.CCC(C)CC(C)C(C)C.CCCO[C@@](C)(CC)C(=O)O. The van der Waals surface area contributed by atoms with Gasteiger partial charge in [-0.2, -0.15) is 4.39 Å². The summed E-state index contributed by atoms with van der Waals surface area (Å²) in [7, 11) is 0. The summed E-state index contributed by atoms with van der Waals surface area (Å²) in [6, 6.07) is 2.91. The van der Waals surface area contributed by atoms with Crippen molar-refractivity contribution in [1.82, 2.24) is 4.98 Å². The van der Waals surface area contributed by atoms with Crippen LogP contribution < -0.4 is 4.74 Å². The number of carboxylic acids is 1. The standard InChI is InChI=1S/C13H11F2NOS.C10H22.C8H16O3/c1-3-10-7-16-13(18-10)11-6-9(15)4-5-12(11)17-8(2)14;1-6-9(4)7-10(5)8(2)3;1-4-6-11-8(3,5-2)7(9)10/h4-7H,2-3H2,1H3;8-10H,6-7H2,1-5H3;4-6H2,1-3H3,(H,9,10)/t;;8-/m..0/s1. The zero-order valence-electron chi connectivity index (χ0n) is 25.3. The lowest BCUT2D eigenvalue weighted by atomic mass is 9.88. The molecule has 1 aromatic heterocycles. The summed E-state index contributed by atoms with van der Waals surface area (Å²) in [5, 5.41) is 9.33. The molecule has 3 atom stereocenters. The smallest absolute Gasteiger partial charge is 0.335 e. The Morgan fingerprint density at radius 2 is 1.82 bits per heavy atom. The summed E-state index contributed by atoms with van der Waals surface area (Å²) >= 11 is 1.43. The van der Waals surface area contributed by atoms with Crippen molar-refractivity contribution >= 4 is 17.3 Å². The minimum atomic E-state index is -0.990. The lowest BCUT2D eigenvalue weighted by Gasteiger charge is -2.22. The van der Waals surface area contributed by atoms with Crippen LogP contribution in [0.5, 0.6) is 5.75 Å². The molecule has 1 aromatic carbocycles. The van der Waals surface area contributed by atoms with E-state index in [0.29, 0.717) is 23.6 Å². The van der Waals surface area contributed by atoms with Crippen molar-refractivity contribution in [3.05, 3.63) is 47.7 Å². The van der Waals surface area contributed by atoms with Crippen molar-refractivity contribution in [3.8, 4) is 16.3 Å². The zero-order chi connectivity index (χ0) is 30.2. The van der Waals surface area contributed by atoms with E-state index < -0.39 is 23.4 Å². The number of ether oxygens (including phenoxy) is 2. The number of carbonyl (C=O) groups is 1. The number of hydrogen-bond acceptors (Lipinski definition) is 5. The van der Waals surface area contributed by atoms with Gasteiger partial charge in [0.05, 0.1) is 5.56 Å². The molecule has 0 aliphatic carbocycles. The van der Waals surface area contributed by atoms with Gasteiger partial charge in [0.15, 0.2) is 5.60 Å². The molecule has 1 heterocycles. The fraction of sp³-hybridized carbons (Fsp3) is 0.613. The van der Waals surface area contributed by atoms with E-state index in [1.165, 1.54) is 42.4 Å². The van der Waals surface area contributed by atoms with Crippen LogP contribution in [-0.4, -0.2) is 28.3 Å². The summed E-state index contributed by atoms with van der Waals surface area (Å²) in [5.74, 6) is 1.57. The Balaban J connectivity index is 0.000000597. The number of benzene rings is 1. The van der Waals surface area contributed by atoms with Gasteiger partial charge in [-0.3, -0.25) is 0 Å². The van der Waals surface area contributed by atoms with Crippen molar-refractivity contribution in [2.45, 2.75) is 100 Å². The monoisotopic (exact) mass is 569 g/mol. The maximum absolute atomic E-state index is 13.3. The van der Waals surface area contributed by atoms with Crippen molar-refractivity contribution < 1.29 is 28.2 Å². The summed E-state index contributed by atoms with van der Waals surface area (Å²) in [5.41, 5.74) is -0.561. The number of thiazole rings is 1. The molecule has 2 unspecified atom stereocenters. The predicted molar refractivity (Wildman–Crippen MR) is 158 cm³/mol. The van der Waals surface area contributed by atoms with Gasteiger partial charge in [0, 0.05) is 17.7 Å². The number of aromatic nitrogens is 1. The quantitative estimate of drug-likeness (QED) is 0.243. The summed E-state index contributed by atoms with van der Waals surface area (Å²) in [4.78, 5) is 15.9. The first-order chi connectivity index (χ1) is 18.2. The number of carboxylic acid groups (broad SMARTS) is 1. The van der Waals surface area contributed by atoms with Crippen LogP contribution in [0.4, 0.5) is 8.78 Å². The Morgan fingerprint density at radius 3 is 2.26 bits per heavy atom. The molecule has 0 fully saturated rings. The van der Waals surface area contributed by atoms with Gasteiger partial charge in [-0.15, -0.1) is 11.3 Å². The van der Waals surface area contributed by atoms with Crippen LogP contribution in [0.15, 0.2) is 37.0 Å². The molecule has 39 heavy (non-hydrogen) atoms. The van der Waals surface area contributed by atoms with Gasteiger partial charge in [-0.1, -0.05) is 61.8 Å². The second-order valence-corrected chi connectivity index (χ2v) is 11.4. The molecule has 2 rings (SSSR count). The molecule has 1 N–H and O–H groups in total. The number of nitrogens with zero attached hydrogens (tertiary/aromatic N) is 1. The van der Waals surface area contributed by atoms with Gasteiger partial charge in [0.25, 0.3) is 6.01 Å². The molecular formula is C31H49F2NO4S. The third-order valence-electron chi connectivity index (χ3n) is 6.66. The molecule has 8 heteroatoms. The largest absolute Gasteiger partial charge is 0.479 e. The van der Waals surface area contributed by atoms with E-state index in [1.807, 2.05) is 20.8 Å². The minimum Gasteiger partial charge on any atom is -0.479 e. The number of aliphatic carboxylic acids is 1. The van der Waals surface area contributed by atoms with Gasteiger partial charge >= 0.3 is 5.97 Å². The Bertz CT molecular complexity index is 995. The van der Waals surface area contributed by atoms with Gasteiger partial charge < -0.3 is 14.6 Å². The highest BCUT2D eigenvalue weighted by molar-refractivity contribution is 7.15. The Labute approximate surface area is 238 Å². The molecule has 0 bridgehead atoms. The van der Waals surface area contributed by atoms with Crippen LogP contribution >= 0.6 is 11.3 Å². The normalized spacial score (nSPS) is 13.7. The van der Waals surface area contributed by atoms with Crippen LogP contribution in [0.2, 0.25) is 0 Å². The second kappa shape index (κ2) is 18.9. The highest BCUT2D eigenvalue weighted by Gasteiger charge is 2.31. The molecule has 0 aliphatic heterocycles. The highest BCUT2D eigenvalue weighted by atomic mass is 32.1. The zero-order valence-corrected chi connectivity index (χ0v) is 26.1. The van der Waals surface area contributed by atoms with Gasteiger partial charge in [-0.05, 0) is 75.1 Å². The minimum absolute atomic E-state index is 0.209. The topological polar surface area (TPSA) is 68.7 Å². The van der Waals surface area contributed by atoms with Gasteiger partial charge in [0.2, 0.25) is 0 Å². The molecule has 2 aromatic rings. The molecule has 0 saturated carbocycles. The van der Waals surface area contributed by atoms with Crippen molar-refractivity contribution in [3.63, 3.8) is 0 Å². The molecule has 0 saturated heterocycles. The van der Waals surface area contributed by atoms with Crippen LogP contribution in [0, 0.1) is 23.6 Å². The summed E-state index contributed by atoms with van der Waals surface area (Å²) < 4.78 is 36.0. The van der Waals surface area contributed by atoms with E-state index in [2.05, 4.69) is 46.2 Å². The fourth-order valence-electron chi connectivity index (χ4n) is 3.19. The number of halogens is 2. The lowest BCUT2D eigenvalue weighted by Crippen LogP contribution is -2.37. The molecule has 0 radical (unpaired) electrons. The Kier molecular flexibility index (Phi) is 17.8. The van der Waals surface area contributed by atoms with Crippen molar-refractivity contribution in [1.29, 1.82) is 0 Å². The van der Waals surface area contributed by atoms with Crippen molar-refractivity contribution in [2.75, 3.05) is 6.61 Å².